The summed E-state index contributed by atoms with van der Waals surface area (Å²) in [7, 11) is 0. The van der Waals surface area contributed by atoms with Gasteiger partial charge in [-0.3, -0.25) is 0 Å². The van der Waals surface area contributed by atoms with Crippen LogP contribution in [0.15, 0.2) is 36.5 Å². The molecule has 0 spiro atoms. The molecule has 0 aliphatic carbocycles. The Balaban J connectivity index is 1.69. The minimum Gasteiger partial charge on any atom is -0.354 e. The molecule has 3 aromatic rings. The van der Waals surface area contributed by atoms with Crippen LogP contribution >= 0.6 is 22.9 Å². The molecular weight excluding hydrogens is 290 g/mol. The average Bonchev–Trinajstić information content (AvgIpc) is 2.75. The van der Waals surface area contributed by atoms with Gasteiger partial charge in [0.25, 0.3) is 0 Å². The predicted molar refractivity (Wildman–Crippen MR) is 85.8 cm³/mol. The minimum atomic E-state index is 0.659. The van der Waals surface area contributed by atoms with Crippen LogP contribution in [0, 0.1) is 6.92 Å². The highest BCUT2D eigenvalue weighted by Crippen LogP contribution is 2.33. The van der Waals surface area contributed by atoms with Crippen LogP contribution in [0.4, 0.5) is 5.95 Å². The Hall–Kier alpha value is -1.65. The molecule has 1 aromatic carbocycles. The highest BCUT2D eigenvalue weighted by Gasteiger charge is 2.09. The molecule has 102 valence electrons. The maximum atomic E-state index is 6.19. The predicted octanol–water partition coefficient (Wildman–Crippen LogP) is 4.31. The molecule has 0 atom stereocenters. The van der Waals surface area contributed by atoms with E-state index >= 15 is 0 Å². The van der Waals surface area contributed by atoms with E-state index in [1.54, 1.807) is 17.5 Å². The number of aryl methyl sites for hydroxylation is 1. The largest absolute Gasteiger partial charge is 0.354 e. The molecule has 0 aliphatic rings. The topological polar surface area (TPSA) is 37.8 Å². The van der Waals surface area contributed by atoms with Crippen LogP contribution in [0.25, 0.3) is 10.2 Å². The Labute approximate surface area is 126 Å². The van der Waals surface area contributed by atoms with E-state index in [-0.39, 0.29) is 0 Å². The number of thiophene rings is 1. The van der Waals surface area contributed by atoms with E-state index < -0.39 is 0 Å². The van der Waals surface area contributed by atoms with Crippen LogP contribution in [0.2, 0.25) is 5.02 Å². The lowest BCUT2D eigenvalue weighted by Crippen LogP contribution is -2.07. The molecule has 0 radical (unpaired) electrons. The number of hydrogen-bond donors (Lipinski definition) is 1. The van der Waals surface area contributed by atoms with Gasteiger partial charge in [-0.15, -0.1) is 11.3 Å². The molecule has 2 aromatic heterocycles. The van der Waals surface area contributed by atoms with E-state index in [1.165, 1.54) is 5.56 Å². The average molecular weight is 304 g/mol. The summed E-state index contributed by atoms with van der Waals surface area (Å²) in [5.74, 6) is 0.659. The number of benzene rings is 1. The summed E-state index contributed by atoms with van der Waals surface area (Å²) in [6, 6.07) is 10.4. The van der Waals surface area contributed by atoms with Crippen molar-refractivity contribution in [2.75, 3.05) is 11.9 Å². The maximum Gasteiger partial charge on any atom is 0.224 e. The van der Waals surface area contributed by atoms with Crippen LogP contribution in [0.1, 0.15) is 10.4 Å². The number of halogens is 1. The second-order valence-corrected chi connectivity index (χ2v) is 6.13. The molecule has 0 unspecified atom stereocenters. The maximum absolute atomic E-state index is 6.19. The van der Waals surface area contributed by atoms with Gasteiger partial charge >= 0.3 is 0 Å². The van der Waals surface area contributed by atoms with Crippen molar-refractivity contribution in [1.82, 2.24) is 9.97 Å². The summed E-state index contributed by atoms with van der Waals surface area (Å²) in [6.45, 7) is 2.81. The van der Waals surface area contributed by atoms with Crippen molar-refractivity contribution in [1.29, 1.82) is 0 Å². The first-order chi connectivity index (χ1) is 9.74. The third kappa shape index (κ3) is 2.76. The number of anilines is 1. The van der Waals surface area contributed by atoms with E-state index in [0.29, 0.717) is 5.95 Å². The SMILES string of the molecule is Cc1sc2nc(NCCc3ccccc3)ncc2c1Cl. The zero-order valence-electron chi connectivity index (χ0n) is 11.1. The van der Waals surface area contributed by atoms with E-state index in [4.69, 9.17) is 11.6 Å². The number of nitrogens with zero attached hydrogens (tertiary/aromatic N) is 2. The van der Waals surface area contributed by atoms with Gasteiger partial charge in [-0.05, 0) is 18.9 Å². The third-order valence-corrected chi connectivity index (χ3v) is 4.70. The summed E-state index contributed by atoms with van der Waals surface area (Å²) in [6.07, 6.45) is 2.74. The molecule has 0 saturated carbocycles. The van der Waals surface area contributed by atoms with Crippen LogP contribution in [0.5, 0.6) is 0 Å². The van der Waals surface area contributed by atoms with Crippen LogP contribution < -0.4 is 5.32 Å². The van der Waals surface area contributed by atoms with Crippen LogP contribution in [0.3, 0.4) is 0 Å². The fraction of sp³-hybridized carbons (Fsp3) is 0.200. The Morgan fingerprint density at radius 1 is 1.25 bits per heavy atom. The Kier molecular flexibility index (Phi) is 3.85. The Morgan fingerprint density at radius 2 is 2.05 bits per heavy atom. The molecule has 1 N–H and O–H groups in total. The number of aromatic nitrogens is 2. The van der Waals surface area contributed by atoms with Gasteiger partial charge in [-0.2, -0.15) is 0 Å². The summed E-state index contributed by atoms with van der Waals surface area (Å²) in [5, 5.41) is 4.95. The minimum absolute atomic E-state index is 0.659. The quantitative estimate of drug-likeness (QED) is 0.780. The molecular formula is C15H14ClN3S. The van der Waals surface area contributed by atoms with Crippen LogP contribution in [-0.4, -0.2) is 16.5 Å². The Bertz CT molecular complexity index is 725. The molecule has 5 heteroatoms. The van der Waals surface area contributed by atoms with Crippen molar-refractivity contribution in [2.24, 2.45) is 0 Å². The van der Waals surface area contributed by atoms with Gasteiger partial charge in [-0.25, -0.2) is 9.97 Å². The third-order valence-electron chi connectivity index (χ3n) is 3.09. The van der Waals surface area contributed by atoms with Gasteiger partial charge in [0.05, 0.1) is 5.02 Å². The van der Waals surface area contributed by atoms with Crippen molar-refractivity contribution in [2.45, 2.75) is 13.3 Å². The summed E-state index contributed by atoms with van der Waals surface area (Å²) < 4.78 is 0. The van der Waals surface area contributed by atoms with Gasteiger partial charge in [0.1, 0.15) is 4.83 Å². The van der Waals surface area contributed by atoms with Crippen molar-refractivity contribution in [3.63, 3.8) is 0 Å². The van der Waals surface area contributed by atoms with E-state index in [9.17, 15) is 0 Å². The summed E-state index contributed by atoms with van der Waals surface area (Å²) >= 11 is 7.79. The lowest BCUT2D eigenvalue weighted by molar-refractivity contribution is 0.991. The first-order valence-corrected chi connectivity index (χ1v) is 7.63. The Morgan fingerprint density at radius 3 is 2.85 bits per heavy atom. The fourth-order valence-electron chi connectivity index (χ4n) is 2.02. The highest BCUT2D eigenvalue weighted by atomic mass is 35.5. The van der Waals surface area contributed by atoms with Gasteiger partial charge in [-0.1, -0.05) is 41.9 Å². The fourth-order valence-corrected chi connectivity index (χ4v) is 3.22. The van der Waals surface area contributed by atoms with Gasteiger partial charge in [0, 0.05) is 23.0 Å². The molecule has 3 nitrogen and oxygen atoms in total. The lowest BCUT2D eigenvalue weighted by atomic mass is 10.1. The van der Waals surface area contributed by atoms with Crippen molar-refractivity contribution >= 4 is 39.1 Å². The smallest absolute Gasteiger partial charge is 0.224 e. The van der Waals surface area contributed by atoms with Gasteiger partial charge in [0.2, 0.25) is 5.95 Å². The van der Waals surface area contributed by atoms with E-state index in [0.717, 1.165) is 33.1 Å². The van der Waals surface area contributed by atoms with Crippen molar-refractivity contribution in [3.8, 4) is 0 Å². The number of fused-ring (bicyclic) bond motifs is 1. The normalized spacial score (nSPS) is 10.9. The zero-order chi connectivity index (χ0) is 13.9. The van der Waals surface area contributed by atoms with Gasteiger partial charge < -0.3 is 5.32 Å². The number of hydrogen-bond acceptors (Lipinski definition) is 4. The molecule has 2 heterocycles. The monoisotopic (exact) mass is 303 g/mol. The molecule has 0 fully saturated rings. The zero-order valence-corrected chi connectivity index (χ0v) is 12.6. The highest BCUT2D eigenvalue weighted by molar-refractivity contribution is 7.19. The molecule has 0 saturated heterocycles. The second-order valence-electron chi connectivity index (χ2n) is 4.55. The standard InChI is InChI=1S/C15H14ClN3S/c1-10-13(16)12-9-18-15(19-14(12)20-10)17-8-7-11-5-3-2-4-6-11/h2-6,9H,7-8H2,1H3,(H,17,18,19). The van der Waals surface area contributed by atoms with Crippen molar-refractivity contribution in [3.05, 3.63) is 52.0 Å². The second kappa shape index (κ2) is 5.77. The summed E-state index contributed by atoms with van der Waals surface area (Å²) in [5.41, 5.74) is 1.30. The molecule has 0 bridgehead atoms. The number of nitrogens with one attached hydrogen (secondary N) is 1. The molecule has 0 aliphatic heterocycles. The number of rotatable bonds is 4. The van der Waals surface area contributed by atoms with E-state index in [1.807, 2.05) is 25.1 Å². The lowest BCUT2D eigenvalue weighted by Gasteiger charge is -2.04. The van der Waals surface area contributed by atoms with Crippen LogP contribution in [-0.2, 0) is 6.42 Å². The molecule has 3 rings (SSSR count). The van der Waals surface area contributed by atoms with Gasteiger partial charge in [0.15, 0.2) is 0 Å². The van der Waals surface area contributed by atoms with Crippen molar-refractivity contribution < 1.29 is 0 Å². The van der Waals surface area contributed by atoms with E-state index in [2.05, 4.69) is 27.4 Å². The molecule has 0 amide bonds. The first kappa shape index (κ1) is 13.3. The molecule has 20 heavy (non-hydrogen) atoms. The first-order valence-electron chi connectivity index (χ1n) is 6.43. The summed E-state index contributed by atoms with van der Waals surface area (Å²) in [4.78, 5) is 10.8.